The van der Waals surface area contributed by atoms with Crippen molar-refractivity contribution in [3.8, 4) is 22.1 Å². The molecule has 0 radical (unpaired) electrons. The lowest BCUT2D eigenvalue weighted by atomic mass is 10.0. The van der Waals surface area contributed by atoms with Crippen LogP contribution in [0.2, 0.25) is 0 Å². The SMILES string of the molecule is CC(C)c1ccc(OCCOc2cccc(-c3nc(C(=O)O)cs3)c2)cc1. The van der Waals surface area contributed by atoms with Gasteiger partial charge in [0.2, 0.25) is 0 Å². The van der Waals surface area contributed by atoms with Crippen molar-refractivity contribution in [2.24, 2.45) is 0 Å². The van der Waals surface area contributed by atoms with Crippen LogP contribution in [0, 0.1) is 0 Å². The van der Waals surface area contributed by atoms with E-state index in [0.717, 1.165) is 11.3 Å². The molecule has 0 saturated heterocycles. The molecule has 0 amide bonds. The highest BCUT2D eigenvalue weighted by atomic mass is 32.1. The number of carboxylic acids is 1. The summed E-state index contributed by atoms with van der Waals surface area (Å²) in [7, 11) is 0. The minimum absolute atomic E-state index is 0.0539. The number of thiazole rings is 1. The maximum absolute atomic E-state index is 11.0. The zero-order valence-electron chi connectivity index (χ0n) is 15.2. The molecule has 0 spiro atoms. The normalized spacial score (nSPS) is 10.8. The summed E-state index contributed by atoms with van der Waals surface area (Å²) in [6, 6.07) is 15.5. The van der Waals surface area contributed by atoms with Gasteiger partial charge in [0, 0.05) is 10.9 Å². The van der Waals surface area contributed by atoms with Crippen LogP contribution < -0.4 is 9.47 Å². The van der Waals surface area contributed by atoms with E-state index in [4.69, 9.17) is 14.6 Å². The highest BCUT2D eigenvalue weighted by Gasteiger charge is 2.10. The van der Waals surface area contributed by atoms with E-state index in [1.165, 1.54) is 22.3 Å². The van der Waals surface area contributed by atoms with E-state index in [-0.39, 0.29) is 5.69 Å². The van der Waals surface area contributed by atoms with Gasteiger partial charge in [-0.15, -0.1) is 11.3 Å². The van der Waals surface area contributed by atoms with E-state index in [1.807, 2.05) is 36.4 Å². The van der Waals surface area contributed by atoms with E-state index in [2.05, 4.69) is 31.0 Å². The third-order valence-electron chi connectivity index (χ3n) is 3.97. The maximum atomic E-state index is 11.0. The van der Waals surface area contributed by atoms with E-state index in [0.29, 0.717) is 29.9 Å². The molecule has 0 fully saturated rings. The molecule has 0 aliphatic carbocycles. The predicted molar refractivity (Wildman–Crippen MR) is 106 cm³/mol. The molecular weight excluding hydrogens is 362 g/mol. The van der Waals surface area contributed by atoms with Crippen molar-refractivity contribution in [1.29, 1.82) is 0 Å². The molecule has 140 valence electrons. The van der Waals surface area contributed by atoms with Gasteiger partial charge in [-0.1, -0.05) is 38.1 Å². The van der Waals surface area contributed by atoms with Gasteiger partial charge in [0.15, 0.2) is 5.69 Å². The summed E-state index contributed by atoms with van der Waals surface area (Å²) >= 11 is 1.30. The van der Waals surface area contributed by atoms with Crippen LogP contribution in [0.3, 0.4) is 0 Å². The Hall–Kier alpha value is -2.86. The first-order valence-electron chi connectivity index (χ1n) is 8.68. The second-order valence-electron chi connectivity index (χ2n) is 6.29. The van der Waals surface area contributed by atoms with Crippen molar-refractivity contribution < 1.29 is 19.4 Å². The van der Waals surface area contributed by atoms with Gasteiger partial charge in [-0.2, -0.15) is 0 Å². The van der Waals surface area contributed by atoms with Crippen molar-refractivity contribution in [2.75, 3.05) is 13.2 Å². The number of ether oxygens (including phenoxy) is 2. The van der Waals surface area contributed by atoms with Crippen LogP contribution in [0.15, 0.2) is 53.9 Å². The van der Waals surface area contributed by atoms with Gasteiger partial charge < -0.3 is 14.6 Å². The summed E-state index contributed by atoms with van der Waals surface area (Å²) in [5.74, 6) is 0.988. The molecular formula is C21H21NO4S. The second-order valence-corrected chi connectivity index (χ2v) is 7.15. The first kappa shape index (κ1) is 18.9. The topological polar surface area (TPSA) is 68.7 Å². The van der Waals surface area contributed by atoms with Gasteiger partial charge in [-0.25, -0.2) is 9.78 Å². The molecule has 0 saturated carbocycles. The van der Waals surface area contributed by atoms with Gasteiger partial charge in [0.05, 0.1) is 0 Å². The van der Waals surface area contributed by atoms with E-state index in [1.54, 1.807) is 0 Å². The van der Waals surface area contributed by atoms with E-state index in [9.17, 15) is 4.79 Å². The molecule has 27 heavy (non-hydrogen) atoms. The lowest BCUT2D eigenvalue weighted by Gasteiger charge is -2.10. The minimum Gasteiger partial charge on any atom is -0.490 e. The number of hydrogen-bond donors (Lipinski definition) is 1. The molecule has 3 rings (SSSR count). The highest BCUT2D eigenvalue weighted by molar-refractivity contribution is 7.13. The molecule has 0 atom stereocenters. The summed E-state index contributed by atoms with van der Waals surface area (Å²) in [5, 5.41) is 11.2. The molecule has 0 unspecified atom stereocenters. The Balaban J connectivity index is 1.53. The zero-order valence-corrected chi connectivity index (χ0v) is 16.0. The van der Waals surface area contributed by atoms with Gasteiger partial charge in [0.25, 0.3) is 0 Å². The molecule has 3 aromatic rings. The lowest BCUT2D eigenvalue weighted by molar-refractivity contribution is 0.0691. The molecule has 5 nitrogen and oxygen atoms in total. The van der Waals surface area contributed by atoms with Crippen LogP contribution in [0.5, 0.6) is 11.5 Å². The Bertz CT molecular complexity index is 903. The monoisotopic (exact) mass is 383 g/mol. The first-order valence-corrected chi connectivity index (χ1v) is 9.55. The van der Waals surface area contributed by atoms with Crippen molar-refractivity contribution in [3.05, 3.63) is 65.2 Å². The number of aromatic carboxylic acids is 1. The molecule has 1 heterocycles. The second kappa shape index (κ2) is 8.68. The zero-order chi connectivity index (χ0) is 19.2. The number of benzene rings is 2. The van der Waals surface area contributed by atoms with E-state index < -0.39 is 5.97 Å². The fraction of sp³-hybridized carbons (Fsp3) is 0.238. The third kappa shape index (κ3) is 5.08. The lowest BCUT2D eigenvalue weighted by Crippen LogP contribution is -2.09. The van der Waals surface area contributed by atoms with Gasteiger partial charge in [0.1, 0.15) is 29.7 Å². The van der Waals surface area contributed by atoms with Crippen LogP contribution in [0.25, 0.3) is 10.6 Å². The fourth-order valence-electron chi connectivity index (χ4n) is 2.49. The standard InChI is InChI=1S/C21H21NO4S/c1-14(2)15-6-8-17(9-7-15)25-10-11-26-18-5-3-4-16(12-18)20-22-19(13-27-20)21(23)24/h3-9,12-14H,10-11H2,1-2H3,(H,23,24). The Morgan fingerprint density at radius 3 is 2.41 bits per heavy atom. The van der Waals surface area contributed by atoms with E-state index >= 15 is 0 Å². The average molecular weight is 383 g/mol. The molecule has 0 aliphatic rings. The Morgan fingerprint density at radius 2 is 1.78 bits per heavy atom. The molecule has 2 aromatic carbocycles. The summed E-state index contributed by atoms with van der Waals surface area (Å²) in [6.45, 7) is 5.16. The average Bonchev–Trinajstić information content (AvgIpc) is 3.16. The van der Waals surface area contributed by atoms with Gasteiger partial charge in [-0.05, 0) is 35.7 Å². The number of hydrogen-bond acceptors (Lipinski definition) is 5. The number of nitrogens with zero attached hydrogens (tertiary/aromatic N) is 1. The number of carboxylic acid groups (broad SMARTS) is 1. The molecule has 1 aromatic heterocycles. The van der Waals surface area contributed by atoms with Crippen LogP contribution in [0.4, 0.5) is 0 Å². The summed E-state index contributed by atoms with van der Waals surface area (Å²) in [5.41, 5.74) is 2.16. The third-order valence-corrected chi connectivity index (χ3v) is 4.86. The molecule has 6 heteroatoms. The number of rotatable bonds is 8. The molecule has 0 aliphatic heterocycles. The van der Waals surface area contributed by atoms with Crippen molar-refractivity contribution in [3.63, 3.8) is 0 Å². The Labute approximate surface area is 162 Å². The molecule has 0 bridgehead atoms. The first-order chi connectivity index (χ1) is 13.0. The summed E-state index contributed by atoms with van der Waals surface area (Å²) in [4.78, 5) is 15.1. The van der Waals surface area contributed by atoms with Crippen LogP contribution in [-0.4, -0.2) is 29.3 Å². The quantitative estimate of drug-likeness (QED) is 0.549. The number of aromatic nitrogens is 1. The Morgan fingerprint density at radius 1 is 1.07 bits per heavy atom. The summed E-state index contributed by atoms with van der Waals surface area (Å²) < 4.78 is 11.4. The largest absolute Gasteiger partial charge is 0.490 e. The van der Waals surface area contributed by atoms with Gasteiger partial charge >= 0.3 is 5.97 Å². The fourth-order valence-corrected chi connectivity index (χ4v) is 3.28. The van der Waals surface area contributed by atoms with Crippen LogP contribution in [0.1, 0.15) is 35.8 Å². The van der Waals surface area contributed by atoms with Crippen LogP contribution in [-0.2, 0) is 0 Å². The van der Waals surface area contributed by atoms with Crippen LogP contribution >= 0.6 is 11.3 Å². The Kier molecular flexibility index (Phi) is 6.08. The minimum atomic E-state index is -1.02. The maximum Gasteiger partial charge on any atom is 0.355 e. The summed E-state index contributed by atoms with van der Waals surface area (Å²) in [6.07, 6.45) is 0. The number of carbonyl (C=O) groups is 1. The highest BCUT2D eigenvalue weighted by Crippen LogP contribution is 2.27. The van der Waals surface area contributed by atoms with Gasteiger partial charge in [-0.3, -0.25) is 0 Å². The predicted octanol–water partition coefficient (Wildman–Crippen LogP) is 5.09. The van der Waals surface area contributed by atoms with Crippen molar-refractivity contribution in [1.82, 2.24) is 4.98 Å². The van der Waals surface area contributed by atoms with Crippen molar-refractivity contribution in [2.45, 2.75) is 19.8 Å². The smallest absolute Gasteiger partial charge is 0.355 e. The molecule has 1 N–H and O–H groups in total. The van der Waals surface area contributed by atoms with Crippen molar-refractivity contribution >= 4 is 17.3 Å².